The second-order valence-electron chi connectivity index (χ2n) is 4.85. The van der Waals surface area contributed by atoms with E-state index in [1.54, 1.807) is 12.1 Å². The average Bonchev–Trinajstić information content (AvgIpc) is 2.46. The summed E-state index contributed by atoms with van der Waals surface area (Å²) in [4.78, 5) is 4.20. The molecule has 2 N–H and O–H groups in total. The molecule has 0 bridgehead atoms. The largest absolute Gasteiger partial charge is 0.390 e. The summed E-state index contributed by atoms with van der Waals surface area (Å²) in [5, 5.41) is 5.48. The van der Waals surface area contributed by atoms with Gasteiger partial charge in [-0.05, 0) is 24.6 Å². The van der Waals surface area contributed by atoms with Gasteiger partial charge in [-0.1, -0.05) is 6.07 Å². The van der Waals surface area contributed by atoms with Gasteiger partial charge in [0.1, 0.15) is 5.82 Å². The number of nitrogens with one attached hydrogen (secondary N) is 2. The molecule has 0 unspecified atom stereocenters. The average molecular weight is 335 g/mol. The molecule has 0 atom stereocenters. The van der Waals surface area contributed by atoms with Gasteiger partial charge in [0.05, 0.1) is 19.6 Å². The lowest BCUT2D eigenvalue weighted by atomic mass is 10.1. The molecule has 0 amide bonds. The Hall–Kier alpha value is -1.83. The standard InChI is InChI=1S/C15H21F4N3O/c1-3-20-14(21-7-6-15(17,18)19)22-9-11-4-5-13(16)12(8-11)10-23-2/h4-5,8H,3,6-7,9-10H2,1-2H3,(H2,20,21,22). The van der Waals surface area contributed by atoms with Crippen LogP contribution in [0.15, 0.2) is 23.2 Å². The molecule has 0 spiro atoms. The van der Waals surface area contributed by atoms with Crippen LogP contribution in [-0.4, -0.2) is 32.3 Å². The highest BCUT2D eigenvalue weighted by atomic mass is 19.4. The SMILES string of the molecule is CCNC(=NCc1ccc(F)c(COC)c1)NCCC(F)(F)F. The molecule has 0 aliphatic carbocycles. The van der Waals surface area contributed by atoms with Crippen molar-refractivity contribution < 1.29 is 22.3 Å². The van der Waals surface area contributed by atoms with Crippen molar-refractivity contribution in [2.75, 3.05) is 20.2 Å². The Morgan fingerprint density at radius 3 is 2.61 bits per heavy atom. The molecule has 130 valence electrons. The van der Waals surface area contributed by atoms with Crippen molar-refractivity contribution >= 4 is 5.96 Å². The first kappa shape index (κ1) is 19.2. The highest BCUT2D eigenvalue weighted by Gasteiger charge is 2.26. The van der Waals surface area contributed by atoms with E-state index < -0.39 is 12.6 Å². The molecule has 1 aromatic rings. The molecular formula is C15H21F4N3O. The lowest BCUT2D eigenvalue weighted by Gasteiger charge is -2.12. The van der Waals surface area contributed by atoms with Gasteiger partial charge < -0.3 is 15.4 Å². The van der Waals surface area contributed by atoms with E-state index in [0.717, 1.165) is 5.56 Å². The molecule has 0 aromatic heterocycles. The molecule has 1 rings (SSSR count). The Morgan fingerprint density at radius 2 is 2.00 bits per heavy atom. The third kappa shape index (κ3) is 7.83. The van der Waals surface area contributed by atoms with Crippen LogP contribution in [0, 0.1) is 5.82 Å². The molecule has 4 nitrogen and oxygen atoms in total. The fraction of sp³-hybridized carbons (Fsp3) is 0.533. The Morgan fingerprint density at radius 1 is 1.26 bits per heavy atom. The van der Waals surface area contributed by atoms with Gasteiger partial charge in [0.25, 0.3) is 0 Å². The first-order chi connectivity index (χ1) is 10.9. The van der Waals surface area contributed by atoms with E-state index in [9.17, 15) is 17.6 Å². The molecule has 0 aliphatic heterocycles. The van der Waals surface area contributed by atoms with Crippen molar-refractivity contribution in [2.24, 2.45) is 4.99 Å². The number of aliphatic imine (C=N–C) groups is 1. The maximum absolute atomic E-state index is 13.5. The summed E-state index contributed by atoms with van der Waals surface area (Å²) in [5.41, 5.74) is 1.15. The van der Waals surface area contributed by atoms with Crippen LogP contribution in [0.3, 0.4) is 0 Å². The second-order valence-corrected chi connectivity index (χ2v) is 4.85. The fourth-order valence-corrected chi connectivity index (χ4v) is 1.83. The van der Waals surface area contributed by atoms with E-state index >= 15 is 0 Å². The molecule has 1 aromatic carbocycles. The highest BCUT2D eigenvalue weighted by molar-refractivity contribution is 5.79. The molecule has 0 aliphatic rings. The third-order valence-electron chi connectivity index (χ3n) is 2.87. The molecule has 0 heterocycles. The van der Waals surface area contributed by atoms with Gasteiger partial charge in [-0.15, -0.1) is 0 Å². The molecule has 8 heteroatoms. The summed E-state index contributed by atoms with van der Waals surface area (Å²) in [6.45, 7) is 2.45. The minimum Gasteiger partial charge on any atom is -0.380 e. The van der Waals surface area contributed by atoms with Crippen molar-refractivity contribution in [3.8, 4) is 0 Å². The van der Waals surface area contributed by atoms with Crippen LogP contribution in [0.2, 0.25) is 0 Å². The van der Waals surface area contributed by atoms with Gasteiger partial charge in [-0.2, -0.15) is 13.2 Å². The number of alkyl halides is 3. The maximum Gasteiger partial charge on any atom is 0.390 e. The Labute approximate surface area is 132 Å². The van der Waals surface area contributed by atoms with Crippen LogP contribution < -0.4 is 10.6 Å². The van der Waals surface area contributed by atoms with E-state index in [2.05, 4.69) is 15.6 Å². The summed E-state index contributed by atoms with van der Waals surface area (Å²) < 4.78 is 54.9. The predicted molar refractivity (Wildman–Crippen MR) is 80.6 cm³/mol. The summed E-state index contributed by atoms with van der Waals surface area (Å²) >= 11 is 0. The van der Waals surface area contributed by atoms with Crippen molar-refractivity contribution in [1.82, 2.24) is 10.6 Å². The molecule has 0 fully saturated rings. The van der Waals surface area contributed by atoms with Gasteiger partial charge in [0.15, 0.2) is 5.96 Å². The minimum atomic E-state index is -4.21. The lowest BCUT2D eigenvalue weighted by Crippen LogP contribution is -2.38. The number of nitrogens with zero attached hydrogens (tertiary/aromatic N) is 1. The van der Waals surface area contributed by atoms with Gasteiger partial charge in [0.2, 0.25) is 0 Å². The third-order valence-corrected chi connectivity index (χ3v) is 2.87. The number of halogens is 4. The summed E-state index contributed by atoms with van der Waals surface area (Å²) in [6.07, 6.45) is -5.15. The summed E-state index contributed by atoms with van der Waals surface area (Å²) in [6, 6.07) is 4.53. The van der Waals surface area contributed by atoms with Crippen LogP contribution in [-0.2, 0) is 17.9 Å². The van der Waals surface area contributed by atoms with Gasteiger partial charge >= 0.3 is 6.18 Å². The lowest BCUT2D eigenvalue weighted by molar-refractivity contribution is -0.132. The summed E-state index contributed by atoms with van der Waals surface area (Å²) in [7, 11) is 1.47. The zero-order valence-corrected chi connectivity index (χ0v) is 13.1. The number of hydrogen-bond acceptors (Lipinski definition) is 2. The number of guanidine groups is 1. The maximum atomic E-state index is 13.5. The number of methoxy groups -OCH3 is 1. The van der Waals surface area contributed by atoms with Crippen molar-refractivity contribution in [3.05, 3.63) is 35.1 Å². The Bertz CT molecular complexity index is 518. The summed E-state index contributed by atoms with van der Waals surface area (Å²) in [5.74, 6) is -0.0795. The van der Waals surface area contributed by atoms with Crippen molar-refractivity contribution in [1.29, 1.82) is 0 Å². The number of hydrogen-bond donors (Lipinski definition) is 2. The molecule has 0 saturated carbocycles. The monoisotopic (exact) mass is 335 g/mol. The zero-order valence-electron chi connectivity index (χ0n) is 13.1. The zero-order chi connectivity index (χ0) is 17.3. The molecule has 23 heavy (non-hydrogen) atoms. The van der Waals surface area contributed by atoms with Crippen LogP contribution in [0.5, 0.6) is 0 Å². The molecule has 0 radical (unpaired) electrons. The van der Waals surface area contributed by atoms with Gasteiger partial charge in [-0.3, -0.25) is 0 Å². The van der Waals surface area contributed by atoms with E-state index in [1.165, 1.54) is 13.2 Å². The Balaban J connectivity index is 2.67. The first-order valence-corrected chi connectivity index (χ1v) is 7.21. The number of benzene rings is 1. The molecular weight excluding hydrogens is 314 g/mol. The normalized spacial score (nSPS) is 12.3. The number of ether oxygens (including phenoxy) is 1. The van der Waals surface area contributed by atoms with E-state index in [4.69, 9.17) is 4.74 Å². The van der Waals surface area contributed by atoms with Crippen LogP contribution >= 0.6 is 0 Å². The second kappa shape index (κ2) is 9.34. The Kier molecular flexibility index (Phi) is 7.80. The smallest absolute Gasteiger partial charge is 0.380 e. The van der Waals surface area contributed by atoms with Crippen molar-refractivity contribution in [2.45, 2.75) is 32.7 Å². The topological polar surface area (TPSA) is 45.7 Å². The fourth-order valence-electron chi connectivity index (χ4n) is 1.83. The number of rotatable bonds is 7. The van der Waals surface area contributed by atoms with Crippen LogP contribution in [0.25, 0.3) is 0 Å². The van der Waals surface area contributed by atoms with Crippen LogP contribution in [0.4, 0.5) is 17.6 Å². The van der Waals surface area contributed by atoms with Gasteiger partial charge in [0, 0.05) is 25.8 Å². The first-order valence-electron chi connectivity index (χ1n) is 7.21. The quantitative estimate of drug-likeness (QED) is 0.457. The van der Waals surface area contributed by atoms with Crippen molar-refractivity contribution in [3.63, 3.8) is 0 Å². The van der Waals surface area contributed by atoms with Gasteiger partial charge in [-0.25, -0.2) is 9.38 Å². The van der Waals surface area contributed by atoms with Crippen LogP contribution in [0.1, 0.15) is 24.5 Å². The predicted octanol–water partition coefficient (Wildman–Crippen LogP) is 2.98. The van der Waals surface area contributed by atoms with E-state index in [-0.39, 0.29) is 31.5 Å². The highest BCUT2D eigenvalue weighted by Crippen LogP contribution is 2.18. The molecule has 0 saturated heterocycles. The van der Waals surface area contributed by atoms with E-state index in [1.807, 2.05) is 6.92 Å². The minimum absolute atomic E-state index is 0.146. The van der Waals surface area contributed by atoms with E-state index in [0.29, 0.717) is 12.1 Å².